The first-order chi connectivity index (χ1) is 11.2. The number of piperidine rings is 1. The van der Waals surface area contributed by atoms with E-state index in [0.29, 0.717) is 11.4 Å². The van der Waals surface area contributed by atoms with E-state index in [1.54, 1.807) is 17.8 Å². The molecule has 0 amide bonds. The molecule has 0 bridgehead atoms. The van der Waals surface area contributed by atoms with Gasteiger partial charge < -0.3 is 10.1 Å². The zero-order valence-corrected chi connectivity index (χ0v) is 14.0. The topological polar surface area (TPSA) is 29.1 Å². The van der Waals surface area contributed by atoms with Gasteiger partial charge in [-0.2, -0.15) is 0 Å². The molecule has 2 unspecified atom stereocenters. The lowest BCUT2D eigenvalue weighted by molar-refractivity contribution is -0.110. The zero-order valence-electron chi connectivity index (χ0n) is 12.5. The number of carbonyl (C=O) groups is 1. The summed E-state index contributed by atoms with van der Waals surface area (Å²) >= 11 is 7.62. The van der Waals surface area contributed by atoms with Gasteiger partial charge in [0.15, 0.2) is 0 Å². The molecule has 5 heteroatoms. The number of hydrogen-bond donors (Lipinski definition) is 1. The summed E-state index contributed by atoms with van der Waals surface area (Å²) in [6.45, 7) is 0.770. The van der Waals surface area contributed by atoms with Gasteiger partial charge in [0.05, 0.1) is 6.04 Å². The van der Waals surface area contributed by atoms with Crippen LogP contribution in [0.3, 0.4) is 0 Å². The Labute approximate surface area is 144 Å². The van der Waals surface area contributed by atoms with Crippen molar-refractivity contribution in [2.75, 3.05) is 6.54 Å². The first-order valence-electron chi connectivity index (χ1n) is 7.57. The second-order valence-electron chi connectivity index (χ2n) is 5.66. The van der Waals surface area contributed by atoms with Gasteiger partial charge in [-0.25, -0.2) is 4.39 Å². The highest BCUT2D eigenvalue weighted by atomic mass is 35.5. The first kappa shape index (κ1) is 16.5. The minimum absolute atomic E-state index is 0.152. The maximum Gasteiger partial charge on any atom is 0.136 e. The third kappa shape index (κ3) is 4.14. The molecule has 0 spiro atoms. The Morgan fingerprint density at radius 3 is 2.91 bits per heavy atom. The number of carbonyl (C=O) groups excluding carboxylic acids is 1. The minimum atomic E-state index is -0.239. The average Bonchev–Trinajstić information content (AvgIpc) is 2.56. The van der Waals surface area contributed by atoms with Crippen LogP contribution in [0, 0.1) is 5.82 Å². The number of nitrogens with one attached hydrogen (secondary N) is 1. The van der Waals surface area contributed by atoms with Gasteiger partial charge in [-0.15, -0.1) is 0 Å². The Balaban J connectivity index is 1.90. The van der Waals surface area contributed by atoms with E-state index in [1.807, 2.05) is 30.3 Å². The van der Waals surface area contributed by atoms with E-state index in [4.69, 9.17) is 11.6 Å². The quantitative estimate of drug-likeness (QED) is 0.813. The van der Waals surface area contributed by atoms with E-state index in [2.05, 4.69) is 5.32 Å². The third-order valence-corrected chi connectivity index (χ3v) is 5.35. The smallest absolute Gasteiger partial charge is 0.136 e. The average molecular weight is 350 g/mol. The maximum atomic E-state index is 13.8. The fourth-order valence-electron chi connectivity index (χ4n) is 2.93. The van der Waals surface area contributed by atoms with Gasteiger partial charge in [0.2, 0.25) is 0 Å². The number of halogens is 2. The van der Waals surface area contributed by atoms with E-state index in [1.165, 1.54) is 6.07 Å². The van der Waals surface area contributed by atoms with Gasteiger partial charge in [-0.1, -0.05) is 29.4 Å². The van der Waals surface area contributed by atoms with Crippen LogP contribution in [-0.4, -0.2) is 18.9 Å². The fraction of sp³-hybridized carbons (Fsp3) is 0.278. The Bertz CT molecular complexity index is 709. The van der Waals surface area contributed by atoms with E-state index >= 15 is 0 Å². The molecule has 2 aromatic rings. The number of aldehydes is 1. The fourth-order valence-corrected chi connectivity index (χ4v) is 4.25. The highest BCUT2D eigenvalue weighted by Crippen LogP contribution is 2.38. The molecule has 1 N–H and O–H groups in total. The molecule has 1 fully saturated rings. The molecule has 2 aromatic carbocycles. The summed E-state index contributed by atoms with van der Waals surface area (Å²) in [5.74, 6) is -0.0551. The number of hydrogen-bond acceptors (Lipinski definition) is 3. The normalized spacial score (nSPS) is 21.1. The summed E-state index contributed by atoms with van der Waals surface area (Å²) in [5.41, 5.74) is 0.975. The van der Waals surface area contributed by atoms with E-state index < -0.39 is 0 Å². The van der Waals surface area contributed by atoms with Gasteiger partial charge in [0, 0.05) is 14.8 Å². The second-order valence-corrected chi connectivity index (χ2v) is 7.21. The van der Waals surface area contributed by atoms with Crippen molar-refractivity contribution in [3.63, 3.8) is 0 Å². The van der Waals surface area contributed by atoms with Gasteiger partial charge in [0.1, 0.15) is 12.1 Å². The number of rotatable bonds is 4. The number of benzene rings is 2. The van der Waals surface area contributed by atoms with Crippen LogP contribution < -0.4 is 5.32 Å². The van der Waals surface area contributed by atoms with Crippen LogP contribution >= 0.6 is 23.4 Å². The monoisotopic (exact) mass is 349 g/mol. The van der Waals surface area contributed by atoms with Crippen molar-refractivity contribution in [3.8, 4) is 0 Å². The molecule has 2 nitrogen and oxygen atoms in total. The van der Waals surface area contributed by atoms with Crippen LogP contribution in [0.25, 0.3) is 0 Å². The van der Waals surface area contributed by atoms with E-state index in [-0.39, 0.29) is 17.8 Å². The predicted octanol–water partition coefficient (Wildman–Crippen LogP) is 4.66. The lowest BCUT2D eigenvalue weighted by atomic mass is 9.87. The highest BCUT2D eigenvalue weighted by molar-refractivity contribution is 7.99. The predicted molar refractivity (Wildman–Crippen MR) is 91.8 cm³/mol. The van der Waals surface area contributed by atoms with Gasteiger partial charge >= 0.3 is 0 Å². The summed E-state index contributed by atoms with van der Waals surface area (Å²) in [4.78, 5) is 13.1. The molecule has 120 valence electrons. The van der Waals surface area contributed by atoms with Crippen molar-refractivity contribution in [2.24, 2.45) is 0 Å². The highest BCUT2D eigenvalue weighted by Gasteiger charge is 2.24. The molecule has 1 saturated heterocycles. The van der Waals surface area contributed by atoms with Crippen molar-refractivity contribution >= 4 is 29.6 Å². The summed E-state index contributed by atoms with van der Waals surface area (Å²) < 4.78 is 13.8. The molecular weight excluding hydrogens is 333 g/mol. The van der Waals surface area contributed by atoms with Crippen LogP contribution in [-0.2, 0) is 4.79 Å². The Kier molecular flexibility index (Phi) is 5.36. The molecule has 1 aliphatic heterocycles. The third-order valence-electron chi connectivity index (χ3n) is 4.04. The Hall–Kier alpha value is -1.36. The zero-order chi connectivity index (χ0) is 16.2. The summed E-state index contributed by atoms with van der Waals surface area (Å²) in [7, 11) is 0. The van der Waals surface area contributed by atoms with Crippen molar-refractivity contribution in [1.82, 2.24) is 5.32 Å². The molecule has 1 aliphatic rings. The van der Waals surface area contributed by atoms with Crippen molar-refractivity contribution < 1.29 is 9.18 Å². The van der Waals surface area contributed by atoms with Crippen molar-refractivity contribution in [2.45, 2.75) is 34.6 Å². The molecule has 0 saturated carbocycles. The lowest BCUT2D eigenvalue weighted by Crippen LogP contribution is -2.38. The summed E-state index contributed by atoms with van der Waals surface area (Å²) in [6, 6.07) is 12.4. The molecule has 0 radical (unpaired) electrons. The largest absolute Gasteiger partial charge is 0.308 e. The first-order valence-corrected chi connectivity index (χ1v) is 8.76. The molecule has 2 atom stereocenters. The summed E-state index contributed by atoms with van der Waals surface area (Å²) in [5, 5.41) is 3.86. The van der Waals surface area contributed by atoms with Crippen LogP contribution in [0.2, 0.25) is 5.02 Å². The van der Waals surface area contributed by atoms with Gasteiger partial charge in [-0.3, -0.25) is 0 Å². The maximum absolute atomic E-state index is 13.8. The minimum Gasteiger partial charge on any atom is -0.308 e. The van der Waals surface area contributed by atoms with Crippen LogP contribution in [0.5, 0.6) is 0 Å². The van der Waals surface area contributed by atoms with Gasteiger partial charge in [-0.05, 0) is 67.3 Å². The Morgan fingerprint density at radius 2 is 2.13 bits per heavy atom. The van der Waals surface area contributed by atoms with Crippen LogP contribution in [0.15, 0.2) is 52.3 Å². The molecule has 3 rings (SSSR count). The van der Waals surface area contributed by atoms with Gasteiger partial charge in [0.25, 0.3) is 0 Å². The SMILES string of the molecule is O=CC1CC(c2cc(F)ccc2Sc2cccc(Cl)c2)CCN1. The van der Waals surface area contributed by atoms with E-state index in [9.17, 15) is 9.18 Å². The molecule has 0 aromatic heterocycles. The van der Waals surface area contributed by atoms with Crippen molar-refractivity contribution in [3.05, 3.63) is 58.9 Å². The second kappa shape index (κ2) is 7.47. The van der Waals surface area contributed by atoms with Crippen molar-refractivity contribution in [1.29, 1.82) is 0 Å². The molecule has 23 heavy (non-hydrogen) atoms. The van der Waals surface area contributed by atoms with Crippen LogP contribution in [0.4, 0.5) is 4.39 Å². The standard InChI is InChI=1S/C18H17ClFNOS/c19-13-2-1-3-16(9-13)23-18-5-4-14(20)10-17(18)12-6-7-21-15(8-12)11-22/h1-5,9-12,15,21H,6-8H2. The van der Waals surface area contributed by atoms with E-state index in [0.717, 1.165) is 34.6 Å². The molecule has 0 aliphatic carbocycles. The lowest BCUT2D eigenvalue weighted by Gasteiger charge is -2.28. The Morgan fingerprint density at radius 1 is 1.26 bits per heavy atom. The summed E-state index contributed by atoms with van der Waals surface area (Å²) in [6.07, 6.45) is 2.54. The molecule has 1 heterocycles. The van der Waals surface area contributed by atoms with Crippen LogP contribution in [0.1, 0.15) is 24.3 Å². The molecular formula is C18H17ClFNOS.